The van der Waals surface area contributed by atoms with Crippen LogP contribution in [0.3, 0.4) is 0 Å². The van der Waals surface area contributed by atoms with Gasteiger partial charge in [-0.15, -0.1) is 11.8 Å². The van der Waals surface area contributed by atoms with Crippen LogP contribution in [0.25, 0.3) is 0 Å². The fraction of sp³-hybridized carbons (Fsp3) is 0.286. The highest BCUT2D eigenvalue weighted by molar-refractivity contribution is 7.99. The lowest BCUT2D eigenvalue weighted by atomic mass is 10.0. The molecule has 0 spiro atoms. The third-order valence-electron chi connectivity index (χ3n) is 5.54. The van der Waals surface area contributed by atoms with E-state index in [1.165, 1.54) is 11.1 Å². The second kappa shape index (κ2) is 13.2. The molecule has 1 atom stereocenters. The molecule has 1 N–H and O–H groups in total. The van der Waals surface area contributed by atoms with Crippen LogP contribution in [0.5, 0.6) is 0 Å². The fourth-order valence-electron chi connectivity index (χ4n) is 3.68. The third kappa shape index (κ3) is 7.64. The van der Waals surface area contributed by atoms with Gasteiger partial charge in [0.1, 0.15) is 6.04 Å². The van der Waals surface area contributed by atoms with E-state index in [-0.39, 0.29) is 24.1 Å². The molecule has 2 amide bonds. The van der Waals surface area contributed by atoms with Crippen molar-refractivity contribution < 1.29 is 9.59 Å². The van der Waals surface area contributed by atoms with Gasteiger partial charge in [-0.1, -0.05) is 90.0 Å². The molecule has 0 heterocycles. The first-order valence-corrected chi connectivity index (χ1v) is 13.0. The number of rotatable bonds is 11. The number of carbonyl (C=O) groups is 2. The number of likely N-dealkylation sites (N-methyl/N-ethyl adjacent to an activating group) is 1. The lowest BCUT2D eigenvalue weighted by Crippen LogP contribution is -2.51. The largest absolute Gasteiger partial charge is 0.355 e. The van der Waals surface area contributed by atoms with Crippen molar-refractivity contribution in [2.45, 2.75) is 38.6 Å². The van der Waals surface area contributed by atoms with E-state index in [2.05, 4.69) is 36.5 Å². The number of carbonyl (C=O) groups excluding carboxylic acids is 2. The zero-order chi connectivity index (χ0) is 24.3. The Kier molecular flexibility index (Phi) is 10.0. The Labute approximate surface area is 211 Å². The van der Waals surface area contributed by atoms with Gasteiger partial charge in [0.25, 0.3) is 0 Å². The maximum absolute atomic E-state index is 13.5. The van der Waals surface area contributed by atoms with Crippen molar-refractivity contribution in [3.05, 3.63) is 106 Å². The van der Waals surface area contributed by atoms with E-state index in [0.29, 0.717) is 18.0 Å². The van der Waals surface area contributed by atoms with Gasteiger partial charge in [-0.2, -0.15) is 0 Å². The van der Waals surface area contributed by atoms with Crippen LogP contribution >= 0.6 is 23.4 Å². The van der Waals surface area contributed by atoms with Crippen molar-refractivity contribution in [3.63, 3.8) is 0 Å². The highest BCUT2D eigenvalue weighted by atomic mass is 35.5. The quantitative estimate of drug-likeness (QED) is 0.374. The molecule has 1 unspecified atom stereocenters. The van der Waals surface area contributed by atoms with E-state index < -0.39 is 6.04 Å². The molecule has 0 bridgehead atoms. The summed E-state index contributed by atoms with van der Waals surface area (Å²) in [7, 11) is 0. The highest BCUT2D eigenvalue weighted by Crippen LogP contribution is 2.22. The molecule has 0 saturated heterocycles. The molecule has 0 radical (unpaired) electrons. The smallest absolute Gasteiger partial charge is 0.243 e. The summed E-state index contributed by atoms with van der Waals surface area (Å²) in [5.41, 5.74) is 4.21. The van der Waals surface area contributed by atoms with Gasteiger partial charge in [0.15, 0.2) is 0 Å². The fourth-order valence-corrected chi connectivity index (χ4v) is 4.75. The minimum atomic E-state index is -0.633. The van der Waals surface area contributed by atoms with Crippen LogP contribution in [0.1, 0.15) is 29.2 Å². The van der Waals surface area contributed by atoms with Crippen LogP contribution in [-0.2, 0) is 28.3 Å². The Bertz CT molecular complexity index is 1070. The molecule has 0 aromatic heterocycles. The standard InChI is InChI=1S/C28H31ClN2O2S/c1-3-30-28(33)26(17-22-9-5-4-6-10-22)31(18-24-11-7-8-12-25(24)29)27(32)20-34-19-23-15-13-21(2)14-16-23/h4-16,26H,3,17-20H2,1-2H3,(H,30,33). The minimum absolute atomic E-state index is 0.0794. The summed E-state index contributed by atoms with van der Waals surface area (Å²) in [5.74, 6) is 0.777. The molecule has 0 aliphatic carbocycles. The summed E-state index contributed by atoms with van der Waals surface area (Å²) in [4.78, 5) is 28.4. The molecule has 0 aliphatic rings. The van der Waals surface area contributed by atoms with Crippen LogP contribution < -0.4 is 5.32 Å². The third-order valence-corrected chi connectivity index (χ3v) is 6.89. The van der Waals surface area contributed by atoms with Crippen LogP contribution in [0.15, 0.2) is 78.9 Å². The Hall–Kier alpha value is -2.76. The van der Waals surface area contributed by atoms with Crippen LogP contribution in [-0.4, -0.2) is 35.1 Å². The first-order valence-electron chi connectivity index (χ1n) is 11.5. The summed E-state index contributed by atoms with van der Waals surface area (Å²) >= 11 is 7.99. The number of hydrogen-bond acceptors (Lipinski definition) is 3. The molecule has 34 heavy (non-hydrogen) atoms. The molecule has 0 saturated carbocycles. The zero-order valence-corrected chi connectivity index (χ0v) is 21.2. The molecular formula is C28H31ClN2O2S. The van der Waals surface area contributed by atoms with E-state index in [0.717, 1.165) is 16.9 Å². The summed E-state index contributed by atoms with van der Waals surface area (Å²) in [6.07, 6.45) is 0.436. The van der Waals surface area contributed by atoms with Crippen LogP contribution in [0.2, 0.25) is 5.02 Å². The Morgan fingerprint density at radius 3 is 2.29 bits per heavy atom. The van der Waals surface area contributed by atoms with Gasteiger partial charge in [-0.25, -0.2) is 0 Å². The topological polar surface area (TPSA) is 49.4 Å². The Balaban J connectivity index is 1.82. The lowest BCUT2D eigenvalue weighted by Gasteiger charge is -2.31. The maximum Gasteiger partial charge on any atom is 0.243 e. The molecule has 3 rings (SSSR count). The van der Waals surface area contributed by atoms with Crippen molar-refractivity contribution in [2.24, 2.45) is 0 Å². The predicted molar refractivity (Wildman–Crippen MR) is 142 cm³/mol. The summed E-state index contributed by atoms with van der Waals surface area (Å²) < 4.78 is 0. The van der Waals surface area contributed by atoms with E-state index in [1.807, 2.05) is 61.5 Å². The number of halogens is 1. The normalized spacial score (nSPS) is 11.6. The van der Waals surface area contributed by atoms with E-state index in [1.54, 1.807) is 16.7 Å². The Morgan fingerprint density at radius 1 is 0.941 bits per heavy atom. The molecule has 6 heteroatoms. The number of amides is 2. The van der Waals surface area contributed by atoms with E-state index in [4.69, 9.17) is 11.6 Å². The minimum Gasteiger partial charge on any atom is -0.355 e. The van der Waals surface area contributed by atoms with Gasteiger partial charge in [0, 0.05) is 30.3 Å². The highest BCUT2D eigenvalue weighted by Gasteiger charge is 2.30. The van der Waals surface area contributed by atoms with Gasteiger partial charge in [-0.3, -0.25) is 9.59 Å². The summed E-state index contributed by atoms with van der Waals surface area (Å²) in [6.45, 7) is 4.72. The second-order valence-electron chi connectivity index (χ2n) is 8.19. The molecular weight excluding hydrogens is 464 g/mol. The Morgan fingerprint density at radius 2 is 1.62 bits per heavy atom. The second-order valence-corrected chi connectivity index (χ2v) is 9.58. The number of aryl methyl sites for hydroxylation is 1. The van der Waals surface area contributed by atoms with Crippen LogP contribution in [0, 0.1) is 6.92 Å². The predicted octanol–water partition coefficient (Wildman–Crippen LogP) is 5.66. The van der Waals surface area contributed by atoms with Gasteiger partial charge >= 0.3 is 0 Å². The van der Waals surface area contributed by atoms with Crippen molar-refractivity contribution in [1.82, 2.24) is 10.2 Å². The van der Waals surface area contributed by atoms with Crippen LogP contribution in [0.4, 0.5) is 0 Å². The van der Waals surface area contributed by atoms with E-state index >= 15 is 0 Å². The molecule has 3 aromatic carbocycles. The number of hydrogen-bond donors (Lipinski definition) is 1. The summed E-state index contributed by atoms with van der Waals surface area (Å²) in [6, 6.07) is 25.0. The molecule has 4 nitrogen and oxygen atoms in total. The van der Waals surface area contributed by atoms with Gasteiger partial charge in [-0.05, 0) is 36.6 Å². The van der Waals surface area contributed by atoms with Gasteiger partial charge < -0.3 is 10.2 Å². The van der Waals surface area contributed by atoms with E-state index in [9.17, 15) is 9.59 Å². The van der Waals surface area contributed by atoms with Gasteiger partial charge in [0.05, 0.1) is 5.75 Å². The monoisotopic (exact) mass is 494 g/mol. The maximum atomic E-state index is 13.5. The van der Waals surface area contributed by atoms with Crippen molar-refractivity contribution in [2.75, 3.05) is 12.3 Å². The number of nitrogens with zero attached hydrogens (tertiary/aromatic N) is 1. The first-order chi connectivity index (χ1) is 16.5. The molecule has 0 aliphatic heterocycles. The average Bonchev–Trinajstić information content (AvgIpc) is 2.84. The van der Waals surface area contributed by atoms with Gasteiger partial charge in [0.2, 0.25) is 11.8 Å². The average molecular weight is 495 g/mol. The summed E-state index contributed by atoms with van der Waals surface area (Å²) in [5, 5.41) is 3.50. The lowest BCUT2D eigenvalue weighted by molar-refractivity contribution is -0.139. The van der Waals surface area contributed by atoms with Crippen molar-refractivity contribution in [1.29, 1.82) is 0 Å². The molecule has 0 fully saturated rings. The number of benzene rings is 3. The molecule has 178 valence electrons. The SMILES string of the molecule is CCNC(=O)C(Cc1ccccc1)N(Cc1ccccc1Cl)C(=O)CSCc1ccc(C)cc1. The molecule has 3 aromatic rings. The van der Waals surface area contributed by atoms with Crippen molar-refractivity contribution in [3.8, 4) is 0 Å². The van der Waals surface area contributed by atoms with Crippen molar-refractivity contribution >= 4 is 35.2 Å². The first kappa shape index (κ1) is 25.9. The number of thioether (sulfide) groups is 1. The zero-order valence-electron chi connectivity index (χ0n) is 19.7. The number of nitrogens with one attached hydrogen (secondary N) is 1.